The lowest BCUT2D eigenvalue weighted by atomic mass is 9.97. The summed E-state index contributed by atoms with van der Waals surface area (Å²) in [7, 11) is 0. The molecule has 2 aliphatic rings. The monoisotopic (exact) mass is 662 g/mol. The molecule has 6 rings (SSSR count). The Balaban J connectivity index is 1.22. The Kier molecular flexibility index (Phi) is 10.3. The Morgan fingerprint density at radius 3 is 2.41 bits per heavy atom. The van der Waals surface area contributed by atoms with Gasteiger partial charge in [-0.3, -0.25) is 9.58 Å². The van der Waals surface area contributed by atoms with Crippen LogP contribution in [-0.4, -0.2) is 75.7 Å². The fraction of sp³-hybridized carbons (Fsp3) is 0.371. The van der Waals surface area contributed by atoms with Crippen LogP contribution in [0.3, 0.4) is 0 Å². The summed E-state index contributed by atoms with van der Waals surface area (Å²) in [6.45, 7) is 7.50. The average molecular weight is 664 g/mol. The molecular formula is C35H40Cl2N6O3. The molecule has 2 atom stereocenters. The number of nitrogens with one attached hydrogen (secondary N) is 1. The number of nitrogens with zero attached hydrogens (tertiary/aromatic N) is 4. The number of ether oxygens (including phenoxy) is 1. The highest BCUT2D eigenvalue weighted by molar-refractivity contribution is 6.33. The molecule has 0 aliphatic carbocycles. The van der Waals surface area contributed by atoms with E-state index in [1.54, 1.807) is 4.90 Å². The summed E-state index contributed by atoms with van der Waals surface area (Å²) in [5.41, 5.74) is 13.6. The number of aliphatic hydroxyl groups excluding tert-OH is 1. The van der Waals surface area contributed by atoms with Crippen LogP contribution in [0.25, 0.3) is 22.4 Å². The van der Waals surface area contributed by atoms with E-state index < -0.39 is 12.1 Å². The number of morpholine rings is 1. The second kappa shape index (κ2) is 14.5. The molecule has 4 N–H and O–H groups in total. The van der Waals surface area contributed by atoms with Gasteiger partial charge in [0.25, 0.3) is 0 Å². The summed E-state index contributed by atoms with van der Waals surface area (Å²) in [4.78, 5) is 16.0. The van der Waals surface area contributed by atoms with Gasteiger partial charge in [0.1, 0.15) is 0 Å². The molecule has 2 amide bonds. The minimum absolute atomic E-state index is 0.252. The molecule has 0 saturated carbocycles. The highest BCUT2D eigenvalue weighted by Crippen LogP contribution is 2.36. The van der Waals surface area contributed by atoms with Crippen LogP contribution < -0.4 is 11.1 Å². The number of primary amides is 1. The quantitative estimate of drug-likeness (QED) is 0.212. The Labute approximate surface area is 279 Å². The summed E-state index contributed by atoms with van der Waals surface area (Å²) >= 11 is 12.7. The normalized spacial score (nSPS) is 17.6. The van der Waals surface area contributed by atoms with Crippen molar-refractivity contribution in [2.45, 2.75) is 51.7 Å². The molecule has 4 aromatic rings. The molecule has 1 fully saturated rings. The summed E-state index contributed by atoms with van der Waals surface area (Å²) in [5, 5.41) is 21.0. The van der Waals surface area contributed by atoms with Crippen LogP contribution in [0.1, 0.15) is 29.3 Å². The number of carbonyl (C=O) groups is 1. The summed E-state index contributed by atoms with van der Waals surface area (Å²) < 4.78 is 7.47. The highest BCUT2D eigenvalue weighted by atomic mass is 35.5. The van der Waals surface area contributed by atoms with Crippen molar-refractivity contribution in [1.29, 1.82) is 0 Å². The first-order valence-corrected chi connectivity index (χ1v) is 16.5. The number of urea groups is 1. The van der Waals surface area contributed by atoms with E-state index >= 15 is 0 Å². The number of fused-ring (bicyclic) bond motifs is 1. The molecule has 11 heteroatoms. The van der Waals surface area contributed by atoms with Crippen molar-refractivity contribution in [1.82, 2.24) is 24.9 Å². The van der Waals surface area contributed by atoms with Gasteiger partial charge in [0.05, 0.1) is 38.1 Å². The zero-order valence-corrected chi connectivity index (χ0v) is 27.5. The SMILES string of the molecule is C[C@H]1COCCN1C[C@@H](O)Cn1nc(-c2ccc(Cl)c(-c3ccc(CNCc4ccc(Cl)cc4)cc3)c2)c2c1CCN(C(N)=O)C2. The minimum atomic E-state index is -0.605. The Bertz CT molecular complexity index is 1660. The number of hydrogen-bond acceptors (Lipinski definition) is 6. The molecule has 1 aromatic heterocycles. The molecule has 1 saturated heterocycles. The van der Waals surface area contributed by atoms with Crippen molar-refractivity contribution in [2.24, 2.45) is 5.73 Å². The summed E-state index contributed by atoms with van der Waals surface area (Å²) in [6.07, 6.45) is 0.00597. The zero-order chi connectivity index (χ0) is 32.2. The first-order valence-electron chi connectivity index (χ1n) is 15.7. The fourth-order valence-electron chi connectivity index (χ4n) is 6.27. The molecule has 3 aromatic carbocycles. The lowest BCUT2D eigenvalue weighted by Crippen LogP contribution is -2.47. The third-order valence-electron chi connectivity index (χ3n) is 8.86. The molecule has 2 aliphatic heterocycles. The summed E-state index contributed by atoms with van der Waals surface area (Å²) in [6, 6.07) is 21.9. The van der Waals surface area contributed by atoms with Crippen molar-refractivity contribution in [2.75, 3.05) is 32.8 Å². The third kappa shape index (κ3) is 7.57. The van der Waals surface area contributed by atoms with Crippen LogP contribution in [0.4, 0.5) is 4.79 Å². The van der Waals surface area contributed by atoms with Gasteiger partial charge in [-0.1, -0.05) is 65.7 Å². The van der Waals surface area contributed by atoms with E-state index in [9.17, 15) is 9.90 Å². The van der Waals surface area contributed by atoms with Gasteiger partial charge in [0.15, 0.2) is 0 Å². The van der Waals surface area contributed by atoms with Gasteiger partial charge in [-0.25, -0.2) is 4.79 Å². The molecule has 46 heavy (non-hydrogen) atoms. The van der Waals surface area contributed by atoms with Crippen molar-refractivity contribution < 1.29 is 14.6 Å². The van der Waals surface area contributed by atoms with E-state index in [-0.39, 0.29) is 6.04 Å². The maximum atomic E-state index is 12.1. The largest absolute Gasteiger partial charge is 0.390 e. The van der Waals surface area contributed by atoms with Crippen molar-refractivity contribution >= 4 is 29.2 Å². The number of carbonyl (C=O) groups excluding carboxylic acids is 1. The number of benzene rings is 3. The maximum Gasteiger partial charge on any atom is 0.315 e. The van der Waals surface area contributed by atoms with Gasteiger partial charge in [-0.2, -0.15) is 5.10 Å². The molecule has 0 spiro atoms. The van der Waals surface area contributed by atoms with E-state index in [2.05, 4.69) is 47.5 Å². The number of nitrogens with two attached hydrogens (primary N) is 1. The summed E-state index contributed by atoms with van der Waals surface area (Å²) in [5.74, 6) is 0. The van der Waals surface area contributed by atoms with Crippen molar-refractivity contribution in [3.63, 3.8) is 0 Å². The zero-order valence-electron chi connectivity index (χ0n) is 26.0. The number of β-amino-alcohol motifs (C(OH)–C–C–N with tert-alkyl or cyclic N) is 1. The molecule has 0 bridgehead atoms. The van der Waals surface area contributed by atoms with E-state index in [1.165, 1.54) is 5.56 Å². The lowest BCUT2D eigenvalue weighted by molar-refractivity contribution is -0.0227. The number of halogens is 2. The van der Waals surface area contributed by atoms with Gasteiger partial charge in [-0.05, 0) is 47.9 Å². The number of hydrogen-bond donors (Lipinski definition) is 3. The average Bonchev–Trinajstić information content (AvgIpc) is 3.41. The predicted octanol–water partition coefficient (Wildman–Crippen LogP) is 5.33. The first-order chi connectivity index (χ1) is 22.2. The van der Waals surface area contributed by atoms with Gasteiger partial charge >= 0.3 is 6.03 Å². The molecule has 9 nitrogen and oxygen atoms in total. The van der Waals surface area contributed by atoms with E-state index in [0.717, 1.165) is 63.9 Å². The Morgan fingerprint density at radius 1 is 1.02 bits per heavy atom. The third-order valence-corrected chi connectivity index (χ3v) is 9.44. The number of amides is 2. The van der Waals surface area contributed by atoms with E-state index in [0.29, 0.717) is 50.8 Å². The second-order valence-electron chi connectivity index (χ2n) is 12.2. The van der Waals surface area contributed by atoms with E-state index in [1.807, 2.05) is 41.1 Å². The van der Waals surface area contributed by atoms with Crippen LogP contribution in [0.5, 0.6) is 0 Å². The van der Waals surface area contributed by atoms with Gasteiger partial charge in [0.2, 0.25) is 0 Å². The second-order valence-corrected chi connectivity index (χ2v) is 13.0. The number of aromatic nitrogens is 2. The number of rotatable bonds is 10. The fourth-order valence-corrected chi connectivity index (χ4v) is 6.62. The van der Waals surface area contributed by atoms with Gasteiger partial charge < -0.3 is 25.8 Å². The van der Waals surface area contributed by atoms with Crippen LogP contribution >= 0.6 is 23.2 Å². The topological polar surface area (TPSA) is 109 Å². The molecule has 3 heterocycles. The lowest BCUT2D eigenvalue weighted by Gasteiger charge is -2.34. The van der Waals surface area contributed by atoms with Crippen LogP contribution in [-0.2, 0) is 37.3 Å². The van der Waals surface area contributed by atoms with Crippen LogP contribution in [0, 0.1) is 0 Å². The molecular weight excluding hydrogens is 623 g/mol. The standard InChI is InChI=1S/C35H40Cl2N6O3/c1-23-22-46-15-14-41(23)19-29(44)20-43-33-12-13-42(35(38)45)21-31(33)34(40-43)27-8-11-32(37)30(16-27)26-6-2-24(3-7-26)17-39-18-25-4-9-28(36)10-5-25/h2-11,16,23,29,39,44H,12-15,17-22H2,1H3,(H2,38,45)/t23-,29+/m0/s1. The van der Waals surface area contributed by atoms with E-state index in [4.69, 9.17) is 38.8 Å². The molecule has 0 unspecified atom stereocenters. The van der Waals surface area contributed by atoms with Crippen molar-refractivity contribution in [3.8, 4) is 22.4 Å². The van der Waals surface area contributed by atoms with Crippen LogP contribution in [0.15, 0.2) is 66.7 Å². The predicted molar refractivity (Wildman–Crippen MR) is 182 cm³/mol. The Hall–Kier alpha value is -3.44. The van der Waals surface area contributed by atoms with Gasteiger partial charge in [0, 0.05) is 77.6 Å². The minimum Gasteiger partial charge on any atom is -0.390 e. The van der Waals surface area contributed by atoms with Crippen LogP contribution in [0.2, 0.25) is 10.0 Å². The molecule has 242 valence electrons. The molecule has 0 radical (unpaired) electrons. The smallest absolute Gasteiger partial charge is 0.315 e. The highest BCUT2D eigenvalue weighted by Gasteiger charge is 2.29. The maximum absolute atomic E-state index is 12.1. The Morgan fingerprint density at radius 2 is 1.72 bits per heavy atom. The van der Waals surface area contributed by atoms with Gasteiger partial charge in [-0.15, -0.1) is 0 Å². The first kappa shape index (κ1) is 32.5. The number of aliphatic hydroxyl groups is 1. The van der Waals surface area contributed by atoms with Crippen molar-refractivity contribution in [3.05, 3.63) is 99.2 Å².